The molecule has 1 aromatic carbocycles. The number of benzene rings is 1. The summed E-state index contributed by atoms with van der Waals surface area (Å²) in [6, 6.07) is 13.3. The van der Waals surface area contributed by atoms with Gasteiger partial charge in [-0.1, -0.05) is 24.3 Å². The van der Waals surface area contributed by atoms with E-state index < -0.39 is 0 Å². The molecule has 0 spiro atoms. The minimum Gasteiger partial charge on any atom is -0.460 e. The minimum absolute atomic E-state index is 0.212. The lowest BCUT2D eigenvalue weighted by atomic mass is 10.2. The Morgan fingerprint density at radius 1 is 1.30 bits per heavy atom. The highest BCUT2D eigenvalue weighted by Gasteiger charge is 2.20. The standard InChI is InChI=1S/C18H17N3O2/c1-3-11-19-18(22)15-12-21(14-7-5-4-6-8-14)20-17(15)16-10-9-13(2)23-16/h3-10,12H,1,11H2,2H3,(H,19,22). The molecule has 23 heavy (non-hydrogen) atoms. The Balaban J connectivity index is 2.06. The molecular formula is C18H17N3O2. The lowest BCUT2D eigenvalue weighted by Gasteiger charge is -2.00. The predicted octanol–water partition coefficient (Wildman–Crippen LogP) is 3.36. The van der Waals surface area contributed by atoms with Crippen molar-refractivity contribution < 1.29 is 9.21 Å². The van der Waals surface area contributed by atoms with E-state index in [1.54, 1.807) is 17.0 Å². The van der Waals surface area contributed by atoms with Gasteiger partial charge < -0.3 is 9.73 Å². The molecule has 2 heterocycles. The Hall–Kier alpha value is -3.08. The number of rotatable bonds is 5. The van der Waals surface area contributed by atoms with Crippen LogP contribution in [0.3, 0.4) is 0 Å². The molecule has 5 heteroatoms. The van der Waals surface area contributed by atoms with E-state index in [9.17, 15) is 4.79 Å². The molecule has 0 radical (unpaired) electrons. The van der Waals surface area contributed by atoms with Gasteiger partial charge >= 0.3 is 0 Å². The second kappa shape index (κ2) is 6.36. The third kappa shape index (κ3) is 3.08. The van der Waals surface area contributed by atoms with Crippen molar-refractivity contribution in [1.82, 2.24) is 15.1 Å². The van der Waals surface area contributed by atoms with Crippen LogP contribution in [0.25, 0.3) is 17.1 Å². The normalized spacial score (nSPS) is 10.5. The second-order valence-corrected chi connectivity index (χ2v) is 5.08. The van der Waals surface area contributed by atoms with Gasteiger partial charge in [0.05, 0.1) is 11.3 Å². The smallest absolute Gasteiger partial charge is 0.255 e. The number of nitrogens with zero attached hydrogens (tertiary/aromatic N) is 2. The molecule has 0 saturated carbocycles. The summed E-state index contributed by atoms with van der Waals surface area (Å²) in [5, 5.41) is 7.31. The van der Waals surface area contributed by atoms with Gasteiger partial charge in [0, 0.05) is 12.7 Å². The Bertz CT molecular complexity index is 831. The van der Waals surface area contributed by atoms with E-state index in [1.807, 2.05) is 49.4 Å². The van der Waals surface area contributed by atoms with Gasteiger partial charge in [-0.3, -0.25) is 4.79 Å². The molecule has 0 aliphatic rings. The Morgan fingerprint density at radius 2 is 2.09 bits per heavy atom. The molecule has 1 N–H and O–H groups in total. The highest BCUT2D eigenvalue weighted by Crippen LogP contribution is 2.25. The number of carbonyl (C=O) groups is 1. The van der Waals surface area contributed by atoms with Crippen molar-refractivity contribution >= 4 is 5.91 Å². The van der Waals surface area contributed by atoms with Gasteiger partial charge in [0.2, 0.25) is 0 Å². The van der Waals surface area contributed by atoms with Crippen LogP contribution < -0.4 is 5.32 Å². The van der Waals surface area contributed by atoms with Gasteiger partial charge in [0.1, 0.15) is 11.5 Å². The summed E-state index contributed by atoms with van der Waals surface area (Å²) in [5.41, 5.74) is 1.85. The Labute approximate surface area is 134 Å². The molecule has 2 aromatic heterocycles. The van der Waals surface area contributed by atoms with E-state index >= 15 is 0 Å². The molecular weight excluding hydrogens is 290 g/mol. The van der Waals surface area contributed by atoms with Crippen LogP contribution in [0.15, 0.2) is 65.7 Å². The first kappa shape index (κ1) is 14.8. The Morgan fingerprint density at radius 3 is 2.74 bits per heavy atom. The second-order valence-electron chi connectivity index (χ2n) is 5.08. The van der Waals surface area contributed by atoms with Crippen LogP contribution >= 0.6 is 0 Å². The third-order valence-corrected chi connectivity index (χ3v) is 3.36. The summed E-state index contributed by atoms with van der Waals surface area (Å²) < 4.78 is 7.31. The van der Waals surface area contributed by atoms with Crippen LogP contribution in [-0.2, 0) is 0 Å². The quantitative estimate of drug-likeness (QED) is 0.735. The first-order chi connectivity index (χ1) is 11.2. The first-order valence-corrected chi connectivity index (χ1v) is 7.30. The number of amides is 1. The van der Waals surface area contributed by atoms with E-state index in [2.05, 4.69) is 17.0 Å². The molecule has 0 unspecified atom stereocenters. The third-order valence-electron chi connectivity index (χ3n) is 3.36. The fraction of sp³-hybridized carbons (Fsp3) is 0.111. The van der Waals surface area contributed by atoms with Crippen molar-refractivity contribution in [3.05, 3.63) is 72.6 Å². The zero-order valence-corrected chi connectivity index (χ0v) is 12.8. The molecule has 0 aliphatic carbocycles. The SMILES string of the molecule is C=CCNC(=O)c1cn(-c2ccccc2)nc1-c1ccc(C)o1. The zero-order valence-electron chi connectivity index (χ0n) is 12.8. The minimum atomic E-state index is -0.212. The lowest BCUT2D eigenvalue weighted by Crippen LogP contribution is -2.23. The summed E-state index contributed by atoms with van der Waals surface area (Å²) in [4.78, 5) is 12.4. The maximum atomic E-state index is 12.4. The van der Waals surface area contributed by atoms with Crippen LogP contribution in [-0.4, -0.2) is 22.2 Å². The maximum Gasteiger partial charge on any atom is 0.255 e. The van der Waals surface area contributed by atoms with Crippen LogP contribution in [0.2, 0.25) is 0 Å². The Kier molecular flexibility index (Phi) is 4.10. The van der Waals surface area contributed by atoms with E-state index in [1.165, 1.54) is 0 Å². The van der Waals surface area contributed by atoms with Gasteiger partial charge in [-0.25, -0.2) is 4.68 Å². The average molecular weight is 307 g/mol. The highest BCUT2D eigenvalue weighted by molar-refractivity contribution is 5.99. The lowest BCUT2D eigenvalue weighted by molar-refractivity contribution is 0.0958. The van der Waals surface area contributed by atoms with Crippen molar-refractivity contribution in [3.8, 4) is 17.1 Å². The number of hydrogen-bond donors (Lipinski definition) is 1. The topological polar surface area (TPSA) is 60.1 Å². The molecule has 0 aliphatic heterocycles. The van der Waals surface area contributed by atoms with Crippen molar-refractivity contribution in [2.24, 2.45) is 0 Å². The first-order valence-electron chi connectivity index (χ1n) is 7.30. The summed E-state index contributed by atoms with van der Waals surface area (Å²) in [5.74, 6) is 1.13. The molecule has 0 saturated heterocycles. The van der Waals surface area contributed by atoms with Gasteiger partial charge in [-0.15, -0.1) is 6.58 Å². The van der Waals surface area contributed by atoms with E-state index in [4.69, 9.17) is 4.42 Å². The van der Waals surface area contributed by atoms with Crippen LogP contribution in [0.5, 0.6) is 0 Å². The van der Waals surface area contributed by atoms with Crippen molar-refractivity contribution in [3.63, 3.8) is 0 Å². The van der Waals surface area contributed by atoms with Gasteiger partial charge in [0.25, 0.3) is 5.91 Å². The van der Waals surface area contributed by atoms with Crippen molar-refractivity contribution in [1.29, 1.82) is 0 Å². The molecule has 3 rings (SSSR count). The molecule has 0 fully saturated rings. The molecule has 0 bridgehead atoms. The van der Waals surface area contributed by atoms with Gasteiger partial charge in [-0.05, 0) is 31.2 Å². The number of para-hydroxylation sites is 1. The summed E-state index contributed by atoms with van der Waals surface area (Å²) in [7, 11) is 0. The van der Waals surface area contributed by atoms with E-state index in [-0.39, 0.29) is 5.91 Å². The van der Waals surface area contributed by atoms with Crippen LogP contribution in [0.1, 0.15) is 16.1 Å². The monoisotopic (exact) mass is 307 g/mol. The summed E-state index contributed by atoms with van der Waals surface area (Å²) in [6.45, 7) is 5.86. The van der Waals surface area contributed by atoms with E-state index in [0.29, 0.717) is 23.6 Å². The predicted molar refractivity (Wildman–Crippen MR) is 88.5 cm³/mol. The largest absolute Gasteiger partial charge is 0.460 e. The van der Waals surface area contributed by atoms with Crippen LogP contribution in [0, 0.1) is 6.92 Å². The summed E-state index contributed by atoms with van der Waals surface area (Å²) in [6.07, 6.45) is 3.34. The number of nitrogens with one attached hydrogen (secondary N) is 1. The van der Waals surface area contributed by atoms with Crippen molar-refractivity contribution in [2.45, 2.75) is 6.92 Å². The fourth-order valence-electron chi connectivity index (χ4n) is 2.26. The fourth-order valence-corrected chi connectivity index (χ4v) is 2.26. The number of aryl methyl sites for hydroxylation is 1. The van der Waals surface area contributed by atoms with Crippen LogP contribution in [0.4, 0.5) is 0 Å². The number of carbonyl (C=O) groups excluding carboxylic acids is 1. The number of hydrogen-bond acceptors (Lipinski definition) is 3. The molecule has 1 amide bonds. The number of furan rings is 1. The average Bonchev–Trinajstić information content (AvgIpc) is 3.19. The molecule has 0 atom stereocenters. The maximum absolute atomic E-state index is 12.4. The molecule has 5 nitrogen and oxygen atoms in total. The van der Waals surface area contributed by atoms with E-state index in [0.717, 1.165) is 11.4 Å². The molecule has 116 valence electrons. The summed E-state index contributed by atoms with van der Waals surface area (Å²) >= 11 is 0. The van der Waals surface area contributed by atoms with Crippen molar-refractivity contribution in [2.75, 3.05) is 6.54 Å². The number of aromatic nitrogens is 2. The van der Waals surface area contributed by atoms with Gasteiger partial charge in [-0.2, -0.15) is 5.10 Å². The zero-order chi connectivity index (χ0) is 16.2. The highest BCUT2D eigenvalue weighted by atomic mass is 16.3. The van der Waals surface area contributed by atoms with Gasteiger partial charge in [0.15, 0.2) is 5.76 Å². The molecule has 3 aromatic rings.